The van der Waals surface area contributed by atoms with E-state index >= 15 is 0 Å². The molecule has 19 heavy (non-hydrogen) atoms. The molecule has 0 amide bonds. The van der Waals surface area contributed by atoms with Crippen LogP contribution < -0.4 is 0 Å². The van der Waals surface area contributed by atoms with Gasteiger partial charge in [0.1, 0.15) is 11.3 Å². The fraction of sp³-hybridized carbons (Fsp3) is 0.0769. The highest BCUT2D eigenvalue weighted by atomic mass is 16.4. The lowest BCUT2D eigenvalue weighted by molar-refractivity contribution is -0.112. The molecule has 96 valence electrons. The van der Waals surface area contributed by atoms with E-state index < -0.39 is 23.1 Å². The predicted octanol–water partition coefficient (Wildman–Crippen LogP) is 1.90. The number of phenolic OH excluding ortho intramolecular Hbond substituents is 2. The molecule has 1 aliphatic rings. The summed E-state index contributed by atoms with van der Waals surface area (Å²) in [6.45, 7) is 1.33. The van der Waals surface area contributed by atoms with Crippen molar-refractivity contribution in [3.63, 3.8) is 0 Å². The Hall–Kier alpha value is -2.76. The third-order valence-corrected chi connectivity index (χ3v) is 3.13. The number of rotatable bonds is 0. The zero-order valence-corrected chi connectivity index (χ0v) is 9.72. The topological polar surface area (TPSA) is 108 Å². The van der Waals surface area contributed by atoms with Crippen LogP contribution in [0.25, 0.3) is 16.7 Å². The maximum Gasteiger partial charge on any atom is 0.269 e. The summed E-state index contributed by atoms with van der Waals surface area (Å²) >= 11 is 0. The van der Waals surface area contributed by atoms with E-state index in [0.717, 1.165) is 6.07 Å². The fourth-order valence-corrected chi connectivity index (χ4v) is 2.08. The van der Waals surface area contributed by atoms with E-state index in [-0.39, 0.29) is 33.6 Å². The zero-order valence-electron chi connectivity index (χ0n) is 9.72. The molecular formula is C13H8O6. The van der Waals surface area contributed by atoms with Crippen molar-refractivity contribution < 1.29 is 29.3 Å². The monoisotopic (exact) mass is 260 g/mol. The first kappa shape index (κ1) is 11.3. The summed E-state index contributed by atoms with van der Waals surface area (Å²) in [5, 5.41) is 29.1. The molecule has 1 aromatic carbocycles. The van der Waals surface area contributed by atoms with E-state index in [4.69, 9.17) is 4.42 Å². The molecule has 2 aromatic rings. The third-order valence-electron chi connectivity index (χ3n) is 3.13. The van der Waals surface area contributed by atoms with Gasteiger partial charge in [-0.15, -0.1) is 0 Å². The Morgan fingerprint density at radius 1 is 1.00 bits per heavy atom. The van der Waals surface area contributed by atoms with Crippen LogP contribution in [0.2, 0.25) is 0 Å². The number of benzene rings is 1. The maximum absolute atomic E-state index is 11.8. The normalized spacial score (nSPS) is 15.2. The maximum atomic E-state index is 11.8. The number of phenols is 2. The van der Waals surface area contributed by atoms with Crippen LogP contribution in [0, 0.1) is 0 Å². The molecule has 0 radical (unpaired) electrons. The van der Waals surface area contributed by atoms with Gasteiger partial charge in [0.05, 0.1) is 5.56 Å². The largest absolute Gasteiger partial charge is 0.507 e. The second kappa shape index (κ2) is 3.38. The average molecular weight is 260 g/mol. The molecule has 6 nitrogen and oxygen atoms in total. The SMILES string of the molecule is CC1=C(O)c2c(oc3cc(O)c(O)cc23)C(=O)C1=O. The lowest BCUT2D eigenvalue weighted by Gasteiger charge is -2.10. The van der Waals surface area contributed by atoms with Gasteiger partial charge in [0, 0.05) is 17.0 Å². The molecule has 0 spiro atoms. The Morgan fingerprint density at radius 3 is 2.32 bits per heavy atom. The van der Waals surface area contributed by atoms with Crippen LogP contribution in [0.5, 0.6) is 11.5 Å². The van der Waals surface area contributed by atoms with Crippen molar-refractivity contribution in [3.8, 4) is 11.5 Å². The van der Waals surface area contributed by atoms with Gasteiger partial charge in [-0.05, 0) is 13.0 Å². The van der Waals surface area contributed by atoms with Gasteiger partial charge in [-0.3, -0.25) is 9.59 Å². The predicted molar refractivity (Wildman–Crippen MR) is 64.1 cm³/mol. The lowest BCUT2D eigenvalue weighted by atomic mass is 9.93. The molecule has 3 rings (SSSR count). The van der Waals surface area contributed by atoms with Crippen LogP contribution in [-0.4, -0.2) is 26.9 Å². The van der Waals surface area contributed by atoms with Crippen molar-refractivity contribution in [3.05, 3.63) is 29.0 Å². The van der Waals surface area contributed by atoms with Crippen molar-refractivity contribution in [1.29, 1.82) is 0 Å². The van der Waals surface area contributed by atoms with Gasteiger partial charge in [0.15, 0.2) is 17.3 Å². The van der Waals surface area contributed by atoms with Gasteiger partial charge in [-0.2, -0.15) is 0 Å². The van der Waals surface area contributed by atoms with Crippen LogP contribution in [-0.2, 0) is 4.79 Å². The molecule has 1 heterocycles. The average Bonchev–Trinajstić information content (AvgIpc) is 2.73. The van der Waals surface area contributed by atoms with Gasteiger partial charge >= 0.3 is 0 Å². The van der Waals surface area contributed by atoms with Crippen molar-refractivity contribution in [2.24, 2.45) is 0 Å². The Bertz CT molecular complexity index is 793. The quantitative estimate of drug-likeness (QED) is 0.493. The van der Waals surface area contributed by atoms with Crippen LogP contribution in [0.4, 0.5) is 0 Å². The summed E-state index contributed by atoms with van der Waals surface area (Å²) in [6, 6.07) is 2.28. The number of hydrogen-bond donors (Lipinski definition) is 3. The Labute approximate surface area is 106 Å². The second-order valence-electron chi connectivity index (χ2n) is 4.28. The van der Waals surface area contributed by atoms with Crippen molar-refractivity contribution in [2.75, 3.05) is 0 Å². The van der Waals surface area contributed by atoms with E-state index in [9.17, 15) is 24.9 Å². The third kappa shape index (κ3) is 1.31. The van der Waals surface area contributed by atoms with Gasteiger partial charge < -0.3 is 19.7 Å². The van der Waals surface area contributed by atoms with E-state index in [2.05, 4.69) is 0 Å². The van der Waals surface area contributed by atoms with Gasteiger partial charge in [0.25, 0.3) is 5.78 Å². The van der Waals surface area contributed by atoms with Crippen molar-refractivity contribution >= 4 is 28.3 Å². The van der Waals surface area contributed by atoms with Crippen molar-refractivity contribution in [1.82, 2.24) is 0 Å². The Morgan fingerprint density at radius 2 is 1.63 bits per heavy atom. The summed E-state index contributed by atoms with van der Waals surface area (Å²) in [4.78, 5) is 23.4. The number of aliphatic hydroxyl groups excluding tert-OH is 1. The van der Waals surface area contributed by atoms with Crippen LogP contribution in [0.15, 0.2) is 22.1 Å². The lowest BCUT2D eigenvalue weighted by Crippen LogP contribution is -2.21. The van der Waals surface area contributed by atoms with E-state index in [1.165, 1.54) is 13.0 Å². The molecule has 0 saturated carbocycles. The van der Waals surface area contributed by atoms with E-state index in [1.54, 1.807) is 0 Å². The minimum Gasteiger partial charge on any atom is -0.507 e. The van der Waals surface area contributed by atoms with Gasteiger partial charge in [-0.25, -0.2) is 0 Å². The molecule has 0 bridgehead atoms. The smallest absolute Gasteiger partial charge is 0.269 e. The minimum atomic E-state index is -0.861. The first-order valence-electron chi connectivity index (χ1n) is 5.39. The van der Waals surface area contributed by atoms with Crippen LogP contribution in [0.1, 0.15) is 23.0 Å². The van der Waals surface area contributed by atoms with Gasteiger partial charge in [0.2, 0.25) is 5.78 Å². The molecule has 0 aliphatic heterocycles. The van der Waals surface area contributed by atoms with Crippen LogP contribution >= 0.6 is 0 Å². The molecule has 0 atom stereocenters. The molecule has 1 aromatic heterocycles. The van der Waals surface area contributed by atoms with Gasteiger partial charge in [-0.1, -0.05) is 0 Å². The number of aromatic hydroxyl groups is 2. The number of fused-ring (bicyclic) bond motifs is 3. The highest BCUT2D eigenvalue weighted by Crippen LogP contribution is 2.40. The number of furan rings is 1. The van der Waals surface area contributed by atoms with Crippen molar-refractivity contribution in [2.45, 2.75) is 6.92 Å². The first-order chi connectivity index (χ1) is 8.91. The number of Topliss-reactive ketones (excluding diaryl/α,β-unsaturated/α-hetero) is 2. The fourth-order valence-electron chi connectivity index (χ4n) is 2.08. The number of allylic oxidation sites excluding steroid dienone is 1. The first-order valence-corrected chi connectivity index (χ1v) is 5.39. The second-order valence-corrected chi connectivity index (χ2v) is 4.28. The molecule has 0 unspecified atom stereocenters. The highest BCUT2D eigenvalue weighted by molar-refractivity contribution is 6.52. The molecular weight excluding hydrogens is 252 g/mol. The van der Waals surface area contributed by atoms with E-state index in [0.29, 0.717) is 0 Å². The highest BCUT2D eigenvalue weighted by Gasteiger charge is 2.36. The summed E-state index contributed by atoms with van der Waals surface area (Å²) in [5.74, 6) is -3.17. The summed E-state index contributed by atoms with van der Waals surface area (Å²) in [7, 11) is 0. The number of carbonyl (C=O) groups excluding carboxylic acids is 2. The molecule has 6 heteroatoms. The Balaban J connectivity index is 2.47. The van der Waals surface area contributed by atoms with Crippen LogP contribution in [0.3, 0.4) is 0 Å². The number of aliphatic hydroxyl groups is 1. The molecule has 0 saturated heterocycles. The molecule has 3 N–H and O–H groups in total. The zero-order chi connectivity index (χ0) is 13.9. The number of ketones is 2. The Kier molecular flexibility index (Phi) is 2.02. The van der Waals surface area contributed by atoms with E-state index in [1.807, 2.05) is 0 Å². The molecule has 0 fully saturated rings. The summed E-state index contributed by atoms with van der Waals surface area (Å²) in [5.41, 5.74) is 0.0860. The number of carbonyl (C=O) groups is 2. The summed E-state index contributed by atoms with van der Waals surface area (Å²) in [6.07, 6.45) is 0. The standard InChI is InChI=1S/C13H8O6/c1-4-10(16)9-5-2-6(14)7(15)3-8(5)19-13(9)12(18)11(4)17/h2-3,14-16H,1H3. The minimum absolute atomic E-state index is 0.0624. The summed E-state index contributed by atoms with van der Waals surface area (Å²) < 4.78 is 5.19. The molecule has 1 aliphatic carbocycles. The number of hydrogen-bond acceptors (Lipinski definition) is 6.